The normalized spacial score (nSPS) is 22.7. The molecule has 0 spiro atoms. The number of fused-ring (bicyclic) bond motifs is 1. The van der Waals surface area contributed by atoms with E-state index in [-0.39, 0.29) is 22.9 Å². The molecular weight excluding hydrogens is 401 g/mol. The Hall–Kier alpha value is -2.18. The number of carbonyl (C=O) groups excluding carboxylic acids is 2. The Kier molecular flexibility index (Phi) is 5.02. The van der Waals surface area contributed by atoms with Crippen LogP contribution >= 0.6 is 23.2 Å². The van der Waals surface area contributed by atoms with Crippen LogP contribution in [0.15, 0.2) is 24.3 Å². The van der Waals surface area contributed by atoms with Gasteiger partial charge in [-0.15, -0.1) is 0 Å². The van der Waals surface area contributed by atoms with Gasteiger partial charge in [0.05, 0.1) is 22.2 Å². The highest BCUT2D eigenvalue weighted by molar-refractivity contribution is 6.44. The van der Waals surface area contributed by atoms with Crippen LogP contribution < -0.4 is 10.2 Å². The minimum atomic E-state index is -0.310. The lowest BCUT2D eigenvalue weighted by molar-refractivity contribution is 0.0526. The monoisotopic (exact) mass is 421 g/mol. The van der Waals surface area contributed by atoms with E-state index < -0.39 is 0 Å². The number of hydrogen-bond acceptors (Lipinski definition) is 4. The van der Waals surface area contributed by atoms with Crippen LogP contribution in [0, 0.1) is 18.8 Å². The summed E-state index contributed by atoms with van der Waals surface area (Å²) in [5.41, 5.74) is 2.55. The molecule has 1 saturated heterocycles. The van der Waals surface area contributed by atoms with Gasteiger partial charge in [0.25, 0.3) is 5.91 Å². The Morgan fingerprint density at radius 3 is 2.57 bits per heavy atom. The van der Waals surface area contributed by atoms with Crippen molar-refractivity contribution in [2.45, 2.75) is 19.9 Å². The maximum absolute atomic E-state index is 12.5. The van der Waals surface area contributed by atoms with Crippen LogP contribution in [0.2, 0.25) is 10.0 Å². The number of aromatic amines is 1. The highest BCUT2D eigenvalue weighted by Gasteiger charge is 2.56. The number of hydrogen-bond donors (Lipinski definition) is 2. The molecule has 1 aliphatic carbocycles. The van der Waals surface area contributed by atoms with Gasteiger partial charge in [-0.25, -0.2) is 4.79 Å². The summed E-state index contributed by atoms with van der Waals surface area (Å²) in [5.74, 6) is 0.242. The summed E-state index contributed by atoms with van der Waals surface area (Å²) in [5, 5.41) is 3.71. The number of anilines is 1. The first-order valence-electron chi connectivity index (χ1n) is 9.27. The second-order valence-electron chi connectivity index (χ2n) is 7.26. The molecule has 2 fully saturated rings. The standard InChI is InChI=1S/C20H21Cl2N3O3/c1-3-28-20(27)11-5-4-6-12(7-11)25-8-13-14(9-25)17(13)24-19(26)18-16(22)15(21)10(2)23-18/h4-7,13-14,17,23H,3,8-9H2,1-2H3,(H,24,26)/t13-,14+,17?. The van der Waals surface area contributed by atoms with Crippen LogP contribution in [-0.4, -0.2) is 42.6 Å². The van der Waals surface area contributed by atoms with Crippen molar-refractivity contribution in [3.63, 3.8) is 0 Å². The van der Waals surface area contributed by atoms with Gasteiger partial charge in [-0.2, -0.15) is 0 Å². The van der Waals surface area contributed by atoms with Crippen LogP contribution in [0.1, 0.15) is 33.5 Å². The molecule has 148 valence electrons. The van der Waals surface area contributed by atoms with Gasteiger partial charge >= 0.3 is 5.97 Å². The number of H-pyrrole nitrogens is 1. The highest BCUT2D eigenvalue weighted by Crippen LogP contribution is 2.47. The topological polar surface area (TPSA) is 74.4 Å². The molecular formula is C20H21Cl2N3O3. The second kappa shape index (κ2) is 7.33. The van der Waals surface area contributed by atoms with E-state index in [0.717, 1.165) is 18.8 Å². The number of nitrogens with zero attached hydrogens (tertiary/aromatic N) is 1. The summed E-state index contributed by atoms with van der Waals surface area (Å²) < 4.78 is 5.07. The van der Waals surface area contributed by atoms with Crippen LogP contribution in [0.4, 0.5) is 5.69 Å². The molecule has 1 amide bonds. The minimum absolute atomic E-state index is 0.135. The molecule has 1 aromatic heterocycles. The summed E-state index contributed by atoms with van der Waals surface area (Å²) in [7, 11) is 0. The molecule has 1 unspecified atom stereocenters. The first-order valence-corrected chi connectivity index (χ1v) is 10.0. The van der Waals surface area contributed by atoms with Gasteiger partial charge in [0, 0.05) is 42.3 Å². The summed E-state index contributed by atoms with van der Waals surface area (Å²) in [6, 6.07) is 7.61. The molecule has 1 saturated carbocycles. The van der Waals surface area contributed by atoms with E-state index in [1.54, 1.807) is 19.9 Å². The average molecular weight is 422 g/mol. The lowest BCUT2D eigenvalue weighted by atomic mass is 10.2. The number of aromatic nitrogens is 1. The molecule has 0 bridgehead atoms. The zero-order valence-corrected chi connectivity index (χ0v) is 17.1. The minimum Gasteiger partial charge on any atom is -0.462 e. The van der Waals surface area contributed by atoms with Crippen molar-refractivity contribution < 1.29 is 14.3 Å². The number of rotatable bonds is 5. The second-order valence-corrected chi connectivity index (χ2v) is 8.01. The van der Waals surface area contributed by atoms with Crippen molar-refractivity contribution in [1.29, 1.82) is 0 Å². The molecule has 2 N–H and O–H groups in total. The molecule has 2 aromatic rings. The first kappa shape index (κ1) is 19.2. The van der Waals surface area contributed by atoms with Gasteiger partial charge in [0.1, 0.15) is 5.69 Å². The first-order chi connectivity index (χ1) is 13.4. The van der Waals surface area contributed by atoms with Crippen LogP contribution in [0.25, 0.3) is 0 Å². The van der Waals surface area contributed by atoms with E-state index in [0.29, 0.717) is 40.4 Å². The highest BCUT2D eigenvalue weighted by atomic mass is 35.5. The number of halogens is 2. The number of ether oxygens (including phenoxy) is 1. The number of carbonyl (C=O) groups is 2. The quantitative estimate of drug-likeness (QED) is 0.722. The van der Waals surface area contributed by atoms with Gasteiger partial charge < -0.3 is 19.9 Å². The van der Waals surface area contributed by atoms with E-state index in [2.05, 4.69) is 15.2 Å². The van der Waals surface area contributed by atoms with E-state index >= 15 is 0 Å². The predicted molar refractivity (Wildman–Crippen MR) is 108 cm³/mol. The zero-order valence-electron chi connectivity index (χ0n) is 15.6. The predicted octanol–water partition coefficient (Wildman–Crippen LogP) is 3.67. The largest absolute Gasteiger partial charge is 0.462 e. The fourth-order valence-electron chi connectivity index (χ4n) is 3.95. The molecule has 3 atom stereocenters. The molecule has 6 nitrogen and oxygen atoms in total. The molecule has 28 heavy (non-hydrogen) atoms. The molecule has 2 heterocycles. The Morgan fingerprint density at radius 2 is 1.96 bits per heavy atom. The number of esters is 1. The van der Waals surface area contributed by atoms with Crippen molar-refractivity contribution in [2.75, 3.05) is 24.6 Å². The Bertz CT molecular complexity index is 931. The maximum Gasteiger partial charge on any atom is 0.338 e. The summed E-state index contributed by atoms with van der Waals surface area (Å²) in [6.07, 6.45) is 0. The van der Waals surface area contributed by atoms with Crippen molar-refractivity contribution in [1.82, 2.24) is 10.3 Å². The lowest BCUT2D eigenvalue weighted by Crippen LogP contribution is -2.35. The number of piperidine rings is 1. The maximum atomic E-state index is 12.5. The van der Waals surface area contributed by atoms with Gasteiger partial charge in [-0.1, -0.05) is 29.3 Å². The van der Waals surface area contributed by atoms with Crippen molar-refractivity contribution in [3.05, 3.63) is 51.3 Å². The van der Waals surface area contributed by atoms with E-state index in [9.17, 15) is 9.59 Å². The smallest absolute Gasteiger partial charge is 0.338 e. The summed E-state index contributed by atoms with van der Waals surface area (Å²) in [4.78, 5) is 29.6. The summed E-state index contributed by atoms with van der Waals surface area (Å²) in [6.45, 7) is 5.59. The van der Waals surface area contributed by atoms with E-state index in [4.69, 9.17) is 27.9 Å². The van der Waals surface area contributed by atoms with Crippen molar-refractivity contribution >= 4 is 40.8 Å². The molecule has 2 aliphatic rings. The number of nitrogens with one attached hydrogen (secondary N) is 2. The Balaban J connectivity index is 1.37. The van der Waals surface area contributed by atoms with Crippen LogP contribution in [-0.2, 0) is 4.74 Å². The fourth-order valence-corrected chi connectivity index (χ4v) is 4.36. The third kappa shape index (κ3) is 3.35. The van der Waals surface area contributed by atoms with E-state index in [1.165, 1.54) is 0 Å². The SMILES string of the molecule is CCOC(=O)c1cccc(N2C[C@@H]3C(NC(=O)c4[nH]c(C)c(Cl)c4Cl)[C@@H]3C2)c1. The molecule has 4 rings (SSSR count). The van der Waals surface area contributed by atoms with Gasteiger partial charge in [-0.3, -0.25) is 4.79 Å². The third-order valence-corrected chi connectivity index (χ3v) is 6.44. The molecule has 1 aromatic carbocycles. The zero-order chi connectivity index (χ0) is 20.0. The van der Waals surface area contributed by atoms with Gasteiger partial charge in [-0.05, 0) is 32.0 Å². The Labute approximate surface area is 173 Å². The Morgan fingerprint density at radius 1 is 1.25 bits per heavy atom. The van der Waals surface area contributed by atoms with Gasteiger partial charge in [0.15, 0.2) is 0 Å². The van der Waals surface area contributed by atoms with Crippen LogP contribution in [0.5, 0.6) is 0 Å². The van der Waals surface area contributed by atoms with E-state index in [1.807, 2.05) is 18.2 Å². The van der Waals surface area contributed by atoms with Crippen LogP contribution in [0.3, 0.4) is 0 Å². The summed E-state index contributed by atoms with van der Waals surface area (Å²) >= 11 is 12.2. The lowest BCUT2D eigenvalue weighted by Gasteiger charge is -2.22. The molecule has 1 aliphatic heterocycles. The molecule has 0 radical (unpaired) electrons. The third-order valence-electron chi connectivity index (χ3n) is 5.50. The van der Waals surface area contributed by atoms with Gasteiger partial charge in [0.2, 0.25) is 0 Å². The molecule has 8 heteroatoms. The average Bonchev–Trinajstić information content (AvgIpc) is 3.02. The number of amides is 1. The van der Waals surface area contributed by atoms with Crippen molar-refractivity contribution in [2.24, 2.45) is 11.8 Å². The van der Waals surface area contributed by atoms with Crippen molar-refractivity contribution in [3.8, 4) is 0 Å². The number of benzene rings is 1. The number of aryl methyl sites for hydroxylation is 1. The fraction of sp³-hybridized carbons (Fsp3) is 0.400.